The van der Waals surface area contributed by atoms with Crippen molar-refractivity contribution in [2.24, 2.45) is 0 Å². The summed E-state index contributed by atoms with van der Waals surface area (Å²) in [7, 11) is 1.68. The average Bonchev–Trinajstić information content (AvgIpc) is 2.50. The van der Waals surface area contributed by atoms with Crippen molar-refractivity contribution < 1.29 is 14.4 Å². The number of para-hydroxylation sites is 1. The fraction of sp³-hybridized carbons (Fsp3) is 0.500. The van der Waals surface area contributed by atoms with Crippen LogP contribution in [0.5, 0.6) is 0 Å². The van der Waals surface area contributed by atoms with E-state index in [1.807, 2.05) is 39.0 Å². The summed E-state index contributed by atoms with van der Waals surface area (Å²) >= 11 is 0. The van der Waals surface area contributed by atoms with Crippen LogP contribution in [0.3, 0.4) is 0 Å². The van der Waals surface area contributed by atoms with E-state index in [9.17, 15) is 14.4 Å². The summed E-state index contributed by atoms with van der Waals surface area (Å²) in [5, 5.41) is 8.14. The Kier molecular flexibility index (Phi) is 8.07. The van der Waals surface area contributed by atoms with Gasteiger partial charge in [0, 0.05) is 12.2 Å². The SMILES string of the molecule is CCNC(=O)[C@@H](C)NC(=O)CN(C)CC(=O)Nc1c(C)cccc1C. The summed E-state index contributed by atoms with van der Waals surface area (Å²) < 4.78 is 0. The highest BCUT2D eigenvalue weighted by molar-refractivity contribution is 5.94. The molecular formula is C18H28N4O3. The molecule has 138 valence electrons. The van der Waals surface area contributed by atoms with E-state index in [2.05, 4.69) is 16.0 Å². The van der Waals surface area contributed by atoms with Crippen molar-refractivity contribution in [2.45, 2.75) is 33.7 Å². The number of hydrogen-bond acceptors (Lipinski definition) is 4. The van der Waals surface area contributed by atoms with Gasteiger partial charge in [0.2, 0.25) is 17.7 Å². The molecule has 0 aliphatic heterocycles. The summed E-state index contributed by atoms with van der Waals surface area (Å²) in [6.07, 6.45) is 0. The zero-order valence-corrected chi connectivity index (χ0v) is 15.6. The Morgan fingerprint density at radius 3 is 2.20 bits per heavy atom. The van der Waals surface area contributed by atoms with Gasteiger partial charge >= 0.3 is 0 Å². The van der Waals surface area contributed by atoms with Crippen molar-refractivity contribution in [1.29, 1.82) is 0 Å². The molecule has 0 radical (unpaired) electrons. The van der Waals surface area contributed by atoms with Crippen molar-refractivity contribution in [2.75, 3.05) is 32.0 Å². The van der Waals surface area contributed by atoms with Gasteiger partial charge in [-0.2, -0.15) is 0 Å². The largest absolute Gasteiger partial charge is 0.355 e. The van der Waals surface area contributed by atoms with Gasteiger partial charge in [-0.05, 0) is 45.9 Å². The molecule has 0 saturated carbocycles. The van der Waals surface area contributed by atoms with Gasteiger partial charge in [-0.1, -0.05) is 18.2 Å². The molecule has 1 atom stereocenters. The Morgan fingerprint density at radius 1 is 1.08 bits per heavy atom. The molecule has 1 rings (SSSR count). The minimum absolute atomic E-state index is 0.0317. The second-order valence-corrected chi connectivity index (χ2v) is 6.17. The van der Waals surface area contributed by atoms with E-state index in [1.54, 1.807) is 18.9 Å². The molecule has 0 bridgehead atoms. The van der Waals surface area contributed by atoms with E-state index in [0.29, 0.717) is 6.54 Å². The predicted molar refractivity (Wildman–Crippen MR) is 98.3 cm³/mol. The molecule has 1 aromatic carbocycles. The third-order valence-electron chi connectivity index (χ3n) is 3.69. The van der Waals surface area contributed by atoms with Gasteiger partial charge in [0.15, 0.2) is 0 Å². The second kappa shape index (κ2) is 9.78. The number of nitrogens with one attached hydrogen (secondary N) is 3. The van der Waals surface area contributed by atoms with Gasteiger partial charge in [0.05, 0.1) is 13.1 Å². The molecular weight excluding hydrogens is 320 g/mol. The average molecular weight is 348 g/mol. The lowest BCUT2D eigenvalue weighted by atomic mass is 10.1. The minimum atomic E-state index is -0.607. The van der Waals surface area contributed by atoms with Crippen molar-refractivity contribution in [1.82, 2.24) is 15.5 Å². The van der Waals surface area contributed by atoms with Crippen molar-refractivity contribution in [3.63, 3.8) is 0 Å². The molecule has 0 aliphatic carbocycles. The van der Waals surface area contributed by atoms with Crippen LogP contribution in [0, 0.1) is 13.8 Å². The van der Waals surface area contributed by atoms with Crippen LogP contribution in [0.25, 0.3) is 0 Å². The van der Waals surface area contributed by atoms with Gasteiger partial charge in [-0.3, -0.25) is 19.3 Å². The molecule has 3 N–H and O–H groups in total. The van der Waals surface area contributed by atoms with Crippen molar-refractivity contribution >= 4 is 23.4 Å². The first-order valence-corrected chi connectivity index (χ1v) is 8.36. The molecule has 0 fully saturated rings. The molecule has 3 amide bonds. The number of nitrogens with zero attached hydrogens (tertiary/aromatic N) is 1. The standard InChI is InChI=1S/C18H28N4O3/c1-6-19-18(25)14(4)20-15(23)10-22(5)11-16(24)21-17-12(2)8-7-9-13(17)3/h7-9,14H,6,10-11H2,1-5H3,(H,19,25)(H,20,23)(H,21,24)/t14-/m1/s1. The molecule has 0 spiro atoms. The Hall–Kier alpha value is -2.41. The van der Waals surface area contributed by atoms with Gasteiger partial charge in [0.25, 0.3) is 0 Å². The Balaban J connectivity index is 2.48. The molecule has 7 nitrogen and oxygen atoms in total. The van der Waals surface area contributed by atoms with Crippen LogP contribution in [-0.2, 0) is 14.4 Å². The van der Waals surface area contributed by atoms with Crippen LogP contribution < -0.4 is 16.0 Å². The van der Waals surface area contributed by atoms with Crippen LogP contribution in [0.1, 0.15) is 25.0 Å². The maximum absolute atomic E-state index is 12.2. The molecule has 25 heavy (non-hydrogen) atoms. The monoisotopic (exact) mass is 348 g/mol. The number of rotatable bonds is 8. The molecule has 0 saturated heterocycles. The lowest BCUT2D eigenvalue weighted by Gasteiger charge is -2.19. The number of carbonyl (C=O) groups is 3. The molecule has 0 aromatic heterocycles. The zero-order chi connectivity index (χ0) is 19.0. The normalized spacial score (nSPS) is 11.8. The molecule has 1 aromatic rings. The van der Waals surface area contributed by atoms with Crippen molar-refractivity contribution in [3.8, 4) is 0 Å². The van der Waals surface area contributed by atoms with Gasteiger partial charge in [-0.15, -0.1) is 0 Å². The Bertz CT molecular complexity index is 610. The molecule has 0 aliphatic rings. The third kappa shape index (κ3) is 6.93. The lowest BCUT2D eigenvalue weighted by Crippen LogP contribution is -2.48. The maximum Gasteiger partial charge on any atom is 0.242 e. The summed E-state index contributed by atoms with van der Waals surface area (Å²) in [5.74, 6) is -0.725. The summed E-state index contributed by atoms with van der Waals surface area (Å²) in [4.78, 5) is 37.3. The first kappa shape index (κ1) is 20.6. The Morgan fingerprint density at radius 2 is 1.64 bits per heavy atom. The van der Waals surface area contributed by atoms with E-state index in [1.165, 1.54) is 0 Å². The summed E-state index contributed by atoms with van der Waals surface area (Å²) in [6, 6.07) is 5.20. The maximum atomic E-state index is 12.2. The van der Waals surface area contributed by atoms with Crippen LogP contribution in [0.15, 0.2) is 18.2 Å². The quantitative estimate of drug-likeness (QED) is 0.649. The van der Waals surface area contributed by atoms with Crippen LogP contribution in [0.2, 0.25) is 0 Å². The first-order valence-electron chi connectivity index (χ1n) is 8.36. The van der Waals surface area contributed by atoms with E-state index >= 15 is 0 Å². The number of hydrogen-bond donors (Lipinski definition) is 3. The molecule has 0 unspecified atom stereocenters. The fourth-order valence-corrected chi connectivity index (χ4v) is 2.42. The summed E-state index contributed by atoms with van der Waals surface area (Å²) in [6.45, 7) is 7.93. The van der Waals surface area contributed by atoms with E-state index < -0.39 is 6.04 Å². The zero-order valence-electron chi connectivity index (χ0n) is 15.6. The van der Waals surface area contributed by atoms with Gasteiger partial charge < -0.3 is 16.0 Å². The fourth-order valence-electron chi connectivity index (χ4n) is 2.42. The third-order valence-corrected chi connectivity index (χ3v) is 3.69. The number of aryl methyl sites for hydroxylation is 2. The van der Waals surface area contributed by atoms with E-state index in [-0.39, 0.29) is 30.8 Å². The highest BCUT2D eigenvalue weighted by Crippen LogP contribution is 2.19. The number of carbonyl (C=O) groups excluding carboxylic acids is 3. The Labute approximate surface area is 149 Å². The van der Waals surface area contributed by atoms with Gasteiger partial charge in [0.1, 0.15) is 6.04 Å². The van der Waals surface area contributed by atoms with Crippen LogP contribution >= 0.6 is 0 Å². The highest BCUT2D eigenvalue weighted by Gasteiger charge is 2.17. The highest BCUT2D eigenvalue weighted by atomic mass is 16.2. The lowest BCUT2D eigenvalue weighted by molar-refractivity contribution is -0.129. The van der Waals surface area contributed by atoms with Crippen LogP contribution in [0.4, 0.5) is 5.69 Å². The van der Waals surface area contributed by atoms with Gasteiger partial charge in [-0.25, -0.2) is 0 Å². The minimum Gasteiger partial charge on any atom is -0.355 e. The number of likely N-dealkylation sites (N-methyl/N-ethyl adjacent to an activating group) is 2. The van der Waals surface area contributed by atoms with E-state index in [0.717, 1.165) is 16.8 Å². The second-order valence-electron chi connectivity index (χ2n) is 6.17. The van der Waals surface area contributed by atoms with Crippen molar-refractivity contribution in [3.05, 3.63) is 29.3 Å². The summed E-state index contributed by atoms with van der Waals surface area (Å²) in [5.41, 5.74) is 2.78. The topological polar surface area (TPSA) is 90.5 Å². The predicted octanol–water partition coefficient (Wildman–Crippen LogP) is 0.815. The van der Waals surface area contributed by atoms with E-state index in [4.69, 9.17) is 0 Å². The molecule has 0 heterocycles. The van der Waals surface area contributed by atoms with Crippen LogP contribution in [-0.4, -0.2) is 55.3 Å². The number of anilines is 1. The molecule has 7 heteroatoms. The number of benzene rings is 1. The smallest absolute Gasteiger partial charge is 0.242 e. The number of amides is 3. The first-order chi connectivity index (χ1) is 11.7.